The number of nitrogens with two attached hydrogens (primary N) is 1. The first-order chi connectivity index (χ1) is 7.48. The molecule has 1 aromatic rings. The number of sulfonamides is 1. The largest absolute Gasteiger partial charge is 0.421 e. The summed E-state index contributed by atoms with van der Waals surface area (Å²) in [5.41, 5.74) is -4.08. The van der Waals surface area contributed by atoms with Gasteiger partial charge in [-0.25, -0.2) is 13.6 Å². The maximum Gasteiger partial charge on any atom is 0.421 e. The predicted molar refractivity (Wildman–Crippen MR) is 53.4 cm³/mol. The third kappa shape index (κ3) is 2.59. The molecule has 8 heteroatoms. The topological polar surface area (TPSA) is 80.4 Å². The summed E-state index contributed by atoms with van der Waals surface area (Å²) < 4.78 is 60.1. The molecule has 0 aliphatic heterocycles. The molecule has 3 N–H and O–H groups in total. The number of primary sulfonamides is 1. The van der Waals surface area contributed by atoms with E-state index in [-0.39, 0.29) is 0 Å². The van der Waals surface area contributed by atoms with E-state index in [4.69, 9.17) is 5.14 Å². The fraction of sp³-hybridized carbons (Fsp3) is 0.333. The zero-order chi connectivity index (χ0) is 13.5. The van der Waals surface area contributed by atoms with Crippen LogP contribution in [0.15, 0.2) is 29.2 Å². The number of alkyl halides is 3. The minimum atomic E-state index is -5.01. The molecule has 0 fully saturated rings. The summed E-state index contributed by atoms with van der Waals surface area (Å²) in [5.74, 6) is 0. The van der Waals surface area contributed by atoms with E-state index in [1.54, 1.807) is 0 Å². The second kappa shape index (κ2) is 3.97. The molecule has 4 nitrogen and oxygen atoms in total. The highest BCUT2D eigenvalue weighted by Crippen LogP contribution is 2.40. The van der Waals surface area contributed by atoms with E-state index in [1.807, 2.05) is 0 Å². The summed E-state index contributed by atoms with van der Waals surface area (Å²) in [6.45, 7) is 0.469. The smallest absolute Gasteiger partial charge is 0.376 e. The fourth-order valence-electron chi connectivity index (χ4n) is 1.27. The summed E-state index contributed by atoms with van der Waals surface area (Å²) in [7, 11) is -4.34. The lowest BCUT2D eigenvalue weighted by Crippen LogP contribution is -2.40. The van der Waals surface area contributed by atoms with E-state index in [1.165, 1.54) is 12.1 Å². The maximum atomic E-state index is 12.6. The minimum Gasteiger partial charge on any atom is -0.376 e. The van der Waals surface area contributed by atoms with Gasteiger partial charge >= 0.3 is 6.18 Å². The van der Waals surface area contributed by atoms with Crippen molar-refractivity contribution in [2.75, 3.05) is 0 Å². The average Bonchev–Trinajstić information content (AvgIpc) is 2.14. The molecule has 1 unspecified atom stereocenters. The van der Waals surface area contributed by atoms with Crippen LogP contribution in [0.2, 0.25) is 0 Å². The van der Waals surface area contributed by atoms with Crippen LogP contribution < -0.4 is 5.14 Å². The van der Waals surface area contributed by atoms with E-state index in [0.717, 1.165) is 12.1 Å². The normalized spacial score (nSPS) is 16.6. The molecular weight excluding hydrogens is 259 g/mol. The summed E-state index contributed by atoms with van der Waals surface area (Å²) in [5, 5.41) is 14.2. The SMILES string of the molecule is CC(O)(c1ccccc1S(N)(=O)=O)C(F)(F)F. The quantitative estimate of drug-likeness (QED) is 0.843. The first-order valence-electron chi connectivity index (χ1n) is 4.39. The first-order valence-corrected chi connectivity index (χ1v) is 5.94. The molecule has 1 aromatic carbocycles. The Balaban J connectivity index is 3.54. The standard InChI is InChI=1S/C9H10F3NO3S/c1-8(14,9(10,11)12)6-4-2-3-5-7(6)17(13,15)16/h2-5,14H,1H3,(H2,13,15,16). The van der Waals surface area contributed by atoms with Gasteiger partial charge in [0, 0.05) is 5.56 Å². The monoisotopic (exact) mass is 269 g/mol. The molecule has 96 valence electrons. The number of aliphatic hydroxyl groups is 1. The molecule has 0 amide bonds. The van der Waals surface area contributed by atoms with Crippen LogP contribution in [0.4, 0.5) is 13.2 Å². The van der Waals surface area contributed by atoms with Crippen molar-refractivity contribution in [3.05, 3.63) is 29.8 Å². The molecular formula is C9H10F3NO3S. The lowest BCUT2D eigenvalue weighted by atomic mass is 9.95. The fourth-order valence-corrected chi connectivity index (χ4v) is 2.11. The molecule has 0 radical (unpaired) electrons. The predicted octanol–water partition coefficient (Wildman–Crippen LogP) is 1.10. The van der Waals surface area contributed by atoms with E-state index in [9.17, 15) is 26.7 Å². The van der Waals surface area contributed by atoms with Gasteiger partial charge in [-0.3, -0.25) is 0 Å². The van der Waals surface area contributed by atoms with Gasteiger partial charge < -0.3 is 5.11 Å². The summed E-state index contributed by atoms with van der Waals surface area (Å²) in [4.78, 5) is -0.748. The van der Waals surface area contributed by atoms with Crippen molar-refractivity contribution in [3.8, 4) is 0 Å². The molecule has 1 rings (SSSR count). The second-order valence-corrected chi connectivity index (χ2v) is 5.14. The van der Waals surface area contributed by atoms with Crippen molar-refractivity contribution in [1.29, 1.82) is 0 Å². The van der Waals surface area contributed by atoms with E-state index in [2.05, 4.69) is 0 Å². The molecule has 1 atom stereocenters. The molecule has 17 heavy (non-hydrogen) atoms. The van der Waals surface area contributed by atoms with Gasteiger partial charge in [0.05, 0.1) is 4.90 Å². The Labute approximate surface area is 95.9 Å². The molecule has 0 saturated carbocycles. The highest BCUT2D eigenvalue weighted by atomic mass is 32.2. The van der Waals surface area contributed by atoms with Gasteiger partial charge in [-0.15, -0.1) is 0 Å². The van der Waals surface area contributed by atoms with E-state index >= 15 is 0 Å². The van der Waals surface area contributed by atoms with Gasteiger partial charge in [-0.1, -0.05) is 18.2 Å². The van der Waals surface area contributed by atoms with Crippen molar-refractivity contribution < 1.29 is 26.7 Å². The number of hydrogen-bond acceptors (Lipinski definition) is 3. The number of hydrogen-bond donors (Lipinski definition) is 2. The van der Waals surface area contributed by atoms with Crippen molar-refractivity contribution in [2.24, 2.45) is 5.14 Å². The van der Waals surface area contributed by atoms with Gasteiger partial charge in [-0.05, 0) is 13.0 Å². The zero-order valence-electron chi connectivity index (χ0n) is 8.69. The van der Waals surface area contributed by atoms with Crippen LogP contribution in [0.3, 0.4) is 0 Å². The van der Waals surface area contributed by atoms with E-state index < -0.39 is 32.3 Å². The lowest BCUT2D eigenvalue weighted by molar-refractivity contribution is -0.259. The molecule has 0 aliphatic carbocycles. The third-order valence-corrected chi connectivity index (χ3v) is 3.24. The zero-order valence-corrected chi connectivity index (χ0v) is 9.51. The highest BCUT2D eigenvalue weighted by molar-refractivity contribution is 7.89. The Kier molecular flexibility index (Phi) is 3.25. The molecule has 0 bridgehead atoms. The van der Waals surface area contributed by atoms with Crippen LogP contribution >= 0.6 is 0 Å². The lowest BCUT2D eigenvalue weighted by Gasteiger charge is -2.28. The van der Waals surface area contributed by atoms with Crippen LogP contribution in [-0.4, -0.2) is 19.7 Å². The van der Waals surface area contributed by atoms with Crippen LogP contribution in [0.5, 0.6) is 0 Å². The van der Waals surface area contributed by atoms with Crippen molar-refractivity contribution in [2.45, 2.75) is 23.6 Å². The van der Waals surface area contributed by atoms with Gasteiger partial charge in [0.1, 0.15) is 0 Å². The van der Waals surface area contributed by atoms with Crippen LogP contribution in [-0.2, 0) is 15.6 Å². The van der Waals surface area contributed by atoms with Crippen LogP contribution in [0.25, 0.3) is 0 Å². The minimum absolute atomic E-state index is 0.469. The van der Waals surface area contributed by atoms with Crippen molar-refractivity contribution in [1.82, 2.24) is 0 Å². The maximum absolute atomic E-state index is 12.6. The Morgan fingerprint density at radius 2 is 1.71 bits per heavy atom. The summed E-state index contributed by atoms with van der Waals surface area (Å²) >= 11 is 0. The number of halogens is 3. The Morgan fingerprint density at radius 1 is 1.24 bits per heavy atom. The van der Waals surface area contributed by atoms with Crippen LogP contribution in [0, 0.1) is 0 Å². The number of benzene rings is 1. The summed E-state index contributed by atoms with van der Waals surface area (Å²) in [6, 6.07) is 4.18. The van der Waals surface area contributed by atoms with Crippen molar-refractivity contribution in [3.63, 3.8) is 0 Å². The van der Waals surface area contributed by atoms with Crippen LogP contribution in [0.1, 0.15) is 12.5 Å². The first kappa shape index (κ1) is 13.9. The average molecular weight is 269 g/mol. The molecule has 0 spiro atoms. The second-order valence-electron chi connectivity index (χ2n) is 3.61. The number of rotatable bonds is 2. The van der Waals surface area contributed by atoms with E-state index in [0.29, 0.717) is 6.92 Å². The van der Waals surface area contributed by atoms with Gasteiger partial charge in [0.15, 0.2) is 5.60 Å². The molecule has 0 heterocycles. The Morgan fingerprint density at radius 3 is 2.12 bits per heavy atom. The highest BCUT2D eigenvalue weighted by Gasteiger charge is 2.52. The van der Waals surface area contributed by atoms with Gasteiger partial charge in [0.2, 0.25) is 10.0 Å². The Bertz CT molecular complexity index is 523. The molecule has 0 saturated heterocycles. The van der Waals surface area contributed by atoms with Gasteiger partial charge in [0.25, 0.3) is 0 Å². The van der Waals surface area contributed by atoms with Gasteiger partial charge in [-0.2, -0.15) is 13.2 Å². The molecule has 0 aromatic heterocycles. The van der Waals surface area contributed by atoms with Crippen molar-refractivity contribution >= 4 is 10.0 Å². The molecule has 0 aliphatic rings. The Hall–Kier alpha value is -1.12. The summed E-state index contributed by atoms with van der Waals surface area (Å²) in [6.07, 6.45) is -5.01. The third-order valence-electron chi connectivity index (χ3n) is 2.27.